The average molecular weight is 205 g/mol. The van der Waals surface area contributed by atoms with Crippen LogP contribution in [-0.2, 0) is 9.53 Å². The van der Waals surface area contributed by atoms with Gasteiger partial charge in [-0.1, -0.05) is 13.8 Å². The predicted octanol–water partition coefficient (Wildman–Crippen LogP) is 0.213. The van der Waals surface area contributed by atoms with Gasteiger partial charge in [0, 0.05) is 4.92 Å². The Morgan fingerprint density at radius 2 is 2.14 bits per heavy atom. The molecule has 0 aliphatic heterocycles. The van der Waals surface area contributed by atoms with Gasteiger partial charge in [-0.15, -0.1) is 0 Å². The van der Waals surface area contributed by atoms with E-state index in [1.807, 2.05) is 0 Å². The average Bonchev–Trinajstić information content (AvgIpc) is 1.97. The van der Waals surface area contributed by atoms with Crippen molar-refractivity contribution in [3.8, 4) is 0 Å². The second kappa shape index (κ2) is 4.90. The lowest BCUT2D eigenvalue weighted by molar-refractivity contribution is -0.500. The lowest BCUT2D eigenvalue weighted by Crippen LogP contribution is -2.39. The smallest absolute Gasteiger partial charge is 0.308 e. The van der Waals surface area contributed by atoms with Gasteiger partial charge in [0.05, 0.1) is 5.92 Å². The Balaban J connectivity index is 3.98. The number of carbonyl (C=O) groups excluding carboxylic acids is 1. The number of esters is 1. The Morgan fingerprint density at radius 3 is 2.50 bits per heavy atom. The van der Waals surface area contributed by atoms with Crippen LogP contribution in [0.5, 0.6) is 0 Å². The van der Waals surface area contributed by atoms with E-state index in [1.165, 1.54) is 6.92 Å². The lowest BCUT2D eigenvalue weighted by atomic mass is 10.1. The summed E-state index contributed by atoms with van der Waals surface area (Å²) in [5.41, 5.74) is -1.60. The molecular formula is C8H15NO5. The van der Waals surface area contributed by atoms with Crippen molar-refractivity contribution in [3.63, 3.8) is 0 Å². The zero-order chi connectivity index (χ0) is 11.4. The molecule has 6 nitrogen and oxygen atoms in total. The van der Waals surface area contributed by atoms with Crippen molar-refractivity contribution in [2.24, 2.45) is 5.92 Å². The number of nitro groups is 1. The minimum atomic E-state index is -1.60. The molecule has 0 bridgehead atoms. The molecule has 0 aromatic heterocycles. The molecule has 0 aromatic carbocycles. The normalized spacial score (nSPS) is 14.9. The molecule has 0 saturated heterocycles. The lowest BCUT2D eigenvalue weighted by Gasteiger charge is -2.18. The van der Waals surface area contributed by atoms with Crippen molar-refractivity contribution in [3.05, 3.63) is 10.1 Å². The maximum Gasteiger partial charge on any atom is 0.308 e. The van der Waals surface area contributed by atoms with Crippen molar-refractivity contribution < 1.29 is 19.6 Å². The quantitative estimate of drug-likeness (QED) is 0.393. The van der Waals surface area contributed by atoms with Gasteiger partial charge in [0.25, 0.3) is 0 Å². The van der Waals surface area contributed by atoms with Crippen LogP contribution in [0, 0.1) is 16.0 Å². The van der Waals surface area contributed by atoms with Crippen LogP contribution in [0.3, 0.4) is 0 Å². The highest BCUT2D eigenvalue weighted by atomic mass is 16.6. The first-order chi connectivity index (χ1) is 6.24. The summed E-state index contributed by atoms with van der Waals surface area (Å²) in [6.45, 7) is 3.54. The van der Waals surface area contributed by atoms with Gasteiger partial charge >= 0.3 is 5.97 Å². The van der Waals surface area contributed by atoms with Gasteiger partial charge in [-0.3, -0.25) is 14.9 Å². The SMILES string of the molecule is CC(C)C(=O)OCC(C)(O)C[N+](=O)[O-]. The van der Waals surface area contributed by atoms with Crippen LogP contribution in [0.1, 0.15) is 20.8 Å². The van der Waals surface area contributed by atoms with Gasteiger partial charge in [-0.05, 0) is 6.92 Å². The largest absolute Gasteiger partial charge is 0.462 e. The highest BCUT2D eigenvalue weighted by molar-refractivity contribution is 5.71. The van der Waals surface area contributed by atoms with E-state index in [4.69, 9.17) is 0 Å². The molecule has 0 heterocycles. The van der Waals surface area contributed by atoms with E-state index in [0.29, 0.717) is 0 Å². The van der Waals surface area contributed by atoms with Crippen molar-refractivity contribution in [2.45, 2.75) is 26.4 Å². The molecule has 1 N–H and O–H groups in total. The van der Waals surface area contributed by atoms with Crippen LogP contribution in [-0.4, -0.2) is 34.8 Å². The minimum Gasteiger partial charge on any atom is -0.462 e. The molecule has 82 valence electrons. The summed E-state index contributed by atoms with van der Waals surface area (Å²) >= 11 is 0. The number of hydrogen-bond acceptors (Lipinski definition) is 5. The molecular weight excluding hydrogens is 190 g/mol. The number of rotatable bonds is 5. The Bertz CT molecular complexity index is 224. The third-order valence-corrected chi connectivity index (χ3v) is 1.47. The van der Waals surface area contributed by atoms with E-state index in [1.54, 1.807) is 13.8 Å². The van der Waals surface area contributed by atoms with Crippen LogP contribution < -0.4 is 0 Å². The van der Waals surface area contributed by atoms with Gasteiger partial charge in [-0.25, -0.2) is 0 Å². The zero-order valence-electron chi connectivity index (χ0n) is 8.52. The number of nitrogens with zero attached hydrogens (tertiary/aromatic N) is 1. The standard InChI is InChI=1S/C8H15NO5/c1-6(2)7(10)14-5-8(3,11)4-9(12)13/h6,11H,4-5H2,1-3H3. The monoisotopic (exact) mass is 205 g/mol. The molecule has 0 radical (unpaired) electrons. The summed E-state index contributed by atoms with van der Waals surface area (Å²) in [4.78, 5) is 20.4. The van der Waals surface area contributed by atoms with Gasteiger partial charge in [-0.2, -0.15) is 0 Å². The van der Waals surface area contributed by atoms with Gasteiger partial charge in [0.2, 0.25) is 6.54 Å². The molecule has 0 aromatic rings. The third kappa shape index (κ3) is 5.47. The highest BCUT2D eigenvalue weighted by Crippen LogP contribution is 2.06. The highest BCUT2D eigenvalue weighted by Gasteiger charge is 2.29. The van der Waals surface area contributed by atoms with Crippen molar-refractivity contribution >= 4 is 5.97 Å². The van der Waals surface area contributed by atoms with Crippen molar-refractivity contribution in [1.82, 2.24) is 0 Å². The summed E-state index contributed by atoms with van der Waals surface area (Å²) < 4.78 is 4.68. The molecule has 1 unspecified atom stereocenters. The first-order valence-electron chi connectivity index (χ1n) is 4.25. The van der Waals surface area contributed by atoms with Crippen LogP contribution >= 0.6 is 0 Å². The summed E-state index contributed by atoms with van der Waals surface area (Å²) in [5.74, 6) is -0.782. The summed E-state index contributed by atoms with van der Waals surface area (Å²) in [5, 5.41) is 19.5. The topological polar surface area (TPSA) is 89.7 Å². The number of carbonyl (C=O) groups is 1. The van der Waals surface area contributed by atoms with E-state index in [-0.39, 0.29) is 12.5 Å². The fourth-order valence-corrected chi connectivity index (χ4v) is 0.717. The Hall–Kier alpha value is -1.17. The van der Waals surface area contributed by atoms with E-state index in [2.05, 4.69) is 4.74 Å². The Morgan fingerprint density at radius 1 is 1.64 bits per heavy atom. The fourth-order valence-electron chi connectivity index (χ4n) is 0.717. The van der Waals surface area contributed by atoms with E-state index < -0.39 is 23.0 Å². The molecule has 1 atom stereocenters. The second-order valence-corrected chi connectivity index (χ2v) is 3.75. The number of ether oxygens (including phenoxy) is 1. The first-order valence-corrected chi connectivity index (χ1v) is 4.25. The minimum absolute atomic E-state index is 0.304. The number of aliphatic hydroxyl groups is 1. The van der Waals surface area contributed by atoms with Crippen LogP contribution in [0.25, 0.3) is 0 Å². The van der Waals surface area contributed by atoms with E-state index >= 15 is 0 Å². The van der Waals surface area contributed by atoms with Gasteiger partial charge < -0.3 is 9.84 Å². The maximum absolute atomic E-state index is 11.0. The predicted molar refractivity (Wildman–Crippen MR) is 48.3 cm³/mol. The van der Waals surface area contributed by atoms with Crippen LogP contribution in [0.4, 0.5) is 0 Å². The molecule has 6 heteroatoms. The van der Waals surface area contributed by atoms with Crippen LogP contribution in [0.15, 0.2) is 0 Å². The molecule has 14 heavy (non-hydrogen) atoms. The molecule has 0 rings (SSSR count). The zero-order valence-corrected chi connectivity index (χ0v) is 8.52. The van der Waals surface area contributed by atoms with E-state index in [0.717, 1.165) is 0 Å². The Labute approximate surface area is 82.0 Å². The summed E-state index contributed by atoms with van der Waals surface area (Å²) in [6, 6.07) is 0. The van der Waals surface area contributed by atoms with Crippen molar-refractivity contribution in [1.29, 1.82) is 0 Å². The maximum atomic E-state index is 11.0. The first kappa shape index (κ1) is 12.8. The third-order valence-electron chi connectivity index (χ3n) is 1.47. The fraction of sp³-hybridized carbons (Fsp3) is 0.875. The van der Waals surface area contributed by atoms with Crippen molar-refractivity contribution in [2.75, 3.05) is 13.2 Å². The second-order valence-electron chi connectivity index (χ2n) is 3.75. The molecule has 0 aliphatic carbocycles. The van der Waals surface area contributed by atoms with E-state index in [9.17, 15) is 20.0 Å². The molecule has 0 spiro atoms. The molecule has 0 saturated carbocycles. The molecule has 0 aliphatic rings. The molecule has 0 fully saturated rings. The van der Waals surface area contributed by atoms with Gasteiger partial charge in [0.1, 0.15) is 6.61 Å². The molecule has 0 amide bonds. The summed E-state index contributed by atoms with van der Waals surface area (Å²) in [6.07, 6.45) is 0. The summed E-state index contributed by atoms with van der Waals surface area (Å²) in [7, 11) is 0. The number of hydrogen-bond donors (Lipinski definition) is 1. The Kier molecular flexibility index (Phi) is 4.49. The van der Waals surface area contributed by atoms with Crippen LogP contribution in [0.2, 0.25) is 0 Å². The van der Waals surface area contributed by atoms with Gasteiger partial charge in [0.15, 0.2) is 5.60 Å².